The molecule has 0 aliphatic rings. The highest BCUT2D eigenvalue weighted by Crippen LogP contribution is 2.21. The highest BCUT2D eigenvalue weighted by Gasteiger charge is 2.16. The summed E-state index contributed by atoms with van der Waals surface area (Å²) in [5.74, 6) is -0.214. The van der Waals surface area contributed by atoms with Crippen LogP contribution in [-0.4, -0.2) is 18.4 Å². The van der Waals surface area contributed by atoms with Gasteiger partial charge in [-0.1, -0.05) is 31.2 Å². The van der Waals surface area contributed by atoms with Gasteiger partial charge < -0.3 is 10.6 Å². The lowest BCUT2D eigenvalue weighted by Crippen LogP contribution is -2.29. The van der Waals surface area contributed by atoms with E-state index in [0.29, 0.717) is 6.54 Å². The highest BCUT2D eigenvalue weighted by atomic mass is 16.2. The molecule has 0 fully saturated rings. The van der Waals surface area contributed by atoms with E-state index in [2.05, 4.69) is 23.6 Å². The molecule has 0 heterocycles. The number of anilines is 1. The van der Waals surface area contributed by atoms with Crippen LogP contribution in [0.3, 0.4) is 0 Å². The molecule has 0 aromatic heterocycles. The number of benzene rings is 2. The number of carbonyl (C=O) groups excluding carboxylic acids is 2. The Kier molecular flexibility index (Phi) is 6.56. The van der Waals surface area contributed by atoms with Crippen molar-refractivity contribution in [3.63, 3.8) is 0 Å². The van der Waals surface area contributed by atoms with Crippen LogP contribution in [0.2, 0.25) is 0 Å². The summed E-state index contributed by atoms with van der Waals surface area (Å²) >= 11 is 0. The Morgan fingerprint density at radius 3 is 2.19 bits per heavy atom. The number of aryl methyl sites for hydroxylation is 3. The van der Waals surface area contributed by atoms with Crippen molar-refractivity contribution in [3.05, 3.63) is 63.7 Å². The second-order valence-corrected chi connectivity index (χ2v) is 6.70. The van der Waals surface area contributed by atoms with Gasteiger partial charge in [-0.25, -0.2) is 0 Å². The van der Waals surface area contributed by atoms with Gasteiger partial charge >= 0.3 is 0 Å². The Morgan fingerprint density at radius 2 is 1.58 bits per heavy atom. The van der Waals surface area contributed by atoms with Crippen molar-refractivity contribution in [1.29, 1.82) is 0 Å². The maximum atomic E-state index is 12.6. The third-order valence-corrected chi connectivity index (χ3v) is 4.90. The van der Waals surface area contributed by atoms with Crippen LogP contribution in [0.4, 0.5) is 5.69 Å². The summed E-state index contributed by atoms with van der Waals surface area (Å²) < 4.78 is 0. The Morgan fingerprint density at radius 1 is 0.962 bits per heavy atom. The molecule has 0 atom stereocenters. The van der Waals surface area contributed by atoms with E-state index in [0.717, 1.165) is 45.5 Å². The van der Waals surface area contributed by atoms with Crippen LogP contribution in [-0.2, 0) is 11.2 Å². The first-order chi connectivity index (χ1) is 12.3. The first-order valence-electron chi connectivity index (χ1n) is 9.08. The lowest BCUT2D eigenvalue weighted by atomic mass is 9.94. The van der Waals surface area contributed by atoms with Crippen LogP contribution in [0, 0.1) is 27.7 Å². The minimum atomic E-state index is -0.117. The molecule has 0 unspecified atom stereocenters. The number of para-hydroxylation sites is 1. The molecule has 0 spiro atoms. The highest BCUT2D eigenvalue weighted by molar-refractivity contribution is 5.98. The van der Waals surface area contributed by atoms with Gasteiger partial charge in [-0.3, -0.25) is 9.59 Å². The predicted molar refractivity (Wildman–Crippen MR) is 107 cm³/mol. The van der Waals surface area contributed by atoms with E-state index < -0.39 is 0 Å². The summed E-state index contributed by atoms with van der Waals surface area (Å²) in [7, 11) is 0. The monoisotopic (exact) mass is 352 g/mol. The molecule has 0 saturated carbocycles. The van der Waals surface area contributed by atoms with Gasteiger partial charge in [0, 0.05) is 24.2 Å². The van der Waals surface area contributed by atoms with Crippen molar-refractivity contribution >= 4 is 17.5 Å². The maximum Gasteiger partial charge on any atom is 0.251 e. The topological polar surface area (TPSA) is 58.2 Å². The Hall–Kier alpha value is -2.62. The number of hydrogen-bond acceptors (Lipinski definition) is 2. The van der Waals surface area contributed by atoms with Gasteiger partial charge in [0.05, 0.1) is 0 Å². The number of carbonyl (C=O) groups is 2. The lowest BCUT2D eigenvalue weighted by Gasteiger charge is -2.15. The second kappa shape index (κ2) is 8.65. The zero-order chi connectivity index (χ0) is 19.3. The van der Waals surface area contributed by atoms with E-state index >= 15 is 0 Å². The molecule has 0 radical (unpaired) electrons. The van der Waals surface area contributed by atoms with E-state index in [1.54, 1.807) is 0 Å². The molecule has 2 aromatic rings. The second-order valence-electron chi connectivity index (χ2n) is 6.70. The van der Waals surface area contributed by atoms with Crippen LogP contribution < -0.4 is 10.6 Å². The zero-order valence-electron chi connectivity index (χ0n) is 16.3. The standard InChI is InChI=1S/C22H28N2O2/c1-6-18-9-7-8-10-19(18)24-20(25)11-12-23-22(26)21-16(4)14(2)13-15(3)17(21)5/h7-10,13H,6,11-12H2,1-5H3,(H,23,26)(H,24,25). The SMILES string of the molecule is CCc1ccccc1NC(=O)CCNC(=O)c1c(C)c(C)cc(C)c1C. The van der Waals surface area contributed by atoms with Crippen molar-refractivity contribution < 1.29 is 9.59 Å². The van der Waals surface area contributed by atoms with Crippen LogP contribution in [0.1, 0.15) is 51.5 Å². The number of nitrogens with one attached hydrogen (secondary N) is 2. The van der Waals surface area contributed by atoms with E-state index in [1.165, 1.54) is 0 Å². The van der Waals surface area contributed by atoms with Crippen molar-refractivity contribution in [3.8, 4) is 0 Å². The molecule has 2 amide bonds. The van der Waals surface area contributed by atoms with E-state index in [9.17, 15) is 9.59 Å². The van der Waals surface area contributed by atoms with Crippen molar-refractivity contribution in [1.82, 2.24) is 5.32 Å². The molecule has 0 aliphatic heterocycles. The molecular weight excluding hydrogens is 324 g/mol. The molecule has 4 heteroatoms. The molecule has 4 nitrogen and oxygen atoms in total. The molecule has 138 valence electrons. The van der Waals surface area contributed by atoms with Gasteiger partial charge in [0.1, 0.15) is 0 Å². The number of amides is 2. The number of rotatable bonds is 6. The molecule has 2 N–H and O–H groups in total. The van der Waals surface area contributed by atoms with Crippen LogP contribution >= 0.6 is 0 Å². The van der Waals surface area contributed by atoms with E-state index in [1.807, 2.05) is 52.0 Å². The van der Waals surface area contributed by atoms with Gasteiger partial charge in [-0.15, -0.1) is 0 Å². The van der Waals surface area contributed by atoms with Crippen LogP contribution in [0.15, 0.2) is 30.3 Å². The maximum absolute atomic E-state index is 12.6. The van der Waals surface area contributed by atoms with E-state index in [-0.39, 0.29) is 18.2 Å². The normalized spacial score (nSPS) is 10.5. The summed E-state index contributed by atoms with van der Waals surface area (Å²) in [4.78, 5) is 24.8. The number of hydrogen-bond donors (Lipinski definition) is 2. The van der Waals surface area contributed by atoms with E-state index in [4.69, 9.17) is 0 Å². The summed E-state index contributed by atoms with van der Waals surface area (Å²) in [6.45, 7) is 10.3. The minimum Gasteiger partial charge on any atom is -0.352 e. The smallest absolute Gasteiger partial charge is 0.251 e. The van der Waals surface area contributed by atoms with Gasteiger partial charge in [0.15, 0.2) is 0 Å². The third kappa shape index (κ3) is 4.51. The van der Waals surface area contributed by atoms with Crippen molar-refractivity contribution in [2.24, 2.45) is 0 Å². The fraction of sp³-hybridized carbons (Fsp3) is 0.364. The lowest BCUT2D eigenvalue weighted by molar-refractivity contribution is -0.116. The zero-order valence-corrected chi connectivity index (χ0v) is 16.3. The minimum absolute atomic E-state index is 0.0972. The Balaban J connectivity index is 1.96. The van der Waals surface area contributed by atoms with Gasteiger partial charge in [0.25, 0.3) is 5.91 Å². The average Bonchev–Trinajstić information content (AvgIpc) is 2.60. The molecule has 0 saturated heterocycles. The van der Waals surface area contributed by atoms with Crippen molar-refractivity contribution in [2.45, 2.75) is 47.5 Å². The van der Waals surface area contributed by atoms with Gasteiger partial charge in [-0.05, 0) is 68.0 Å². The fourth-order valence-corrected chi connectivity index (χ4v) is 3.10. The first-order valence-corrected chi connectivity index (χ1v) is 9.08. The summed E-state index contributed by atoms with van der Waals surface area (Å²) in [6, 6.07) is 9.87. The van der Waals surface area contributed by atoms with Crippen LogP contribution in [0.5, 0.6) is 0 Å². The Bertz CT molecular complexity index is 799. The van der Waals surface area contributed by atoms with Crippen LogP contribution in [0.25, 0.3) is 0 Å². The summed E-state index contributed by atoms with van der Waals surface area (Å²) in [6.07, 6.45) is 1.10. The molecule has 2 aromatic carbocycles. The van der Waals surface area contributed by atoms with Gasteiger partial charge in [-0.2, -0.15) is 0 Å². The predicted octanol–water partition coefficient (Wildman–Crippen LogP) is 4.24. The fourth-order valence-electron chi connectivity index (χ4n) is 3.10. The molecule has 26 heavy (non-hydrogen) atoms. The first kappa shape index (κ1) is 19.7. The largest absolute Gasteiger partial charge is 0.352 e. The third-order valence-electron chi connectivity index (χ3n) is 4.90. The molecular formula is C22H28N2O2. The quantitative estimate of drug-likeness (QED) is 0.817. The van der Waals surface area contributed by atoms with Crippen molar-refractivity contribution in [2.75, 3.05) is 11.9 Å². The molecule has 0 bridgehead atoms. The van der Waals surface area contributed by atoms with Gasteiger partial charge in [0.2, 0.25) is 5.91 Å². The summed E-state index contributed by atoms with van der Waals surface area (Å²) in [5, 5.41) is 5.81. The Labute approximate surface area is 156 Å². The molecule has 2 rings (SSSR count). The average molecular weight is 352 g/mol. The summed E-state index contributed by atoms with van der Waals surface area (Å²) in [5.41, 5.74) is 6.86. The molecule has 0 aliphatic carbocycles.